The summed E-state index contributed by atoms with van der Waals surface area (Å²) >= 11 is 0. The van der Waals surface area contributed by atoms with Gasteiger partial charge in [-0.1, -0.05) is 12.1 Å². The molecule has 4 nitrogen and oxygen atoms in total. The SMILES string of the molecule is C[C@H](N)[C@H](O)c1ccc2c(c1)OCOC2. The second-order valence-electron chi connectivity index (χ2n) is 3.78. The monoisotopic (exact) mass is 209 g/mol. The first-order chi connectivity index (χ1) is 7.18. The van der Waals surface area contributed by atoms with E-state index in [1.807, 2.05) is 18.2 Å². The molecule has 1 aromatic carbocycles. The van der Waals surface area contributed by atoms with Crippen LogP contribution >= 0.6 is 0 Å². The normalized spacial score (nSPS) is 18.9. The Morgan fingerprint density at radius 1 is 1.47 bits per heavy atom. The van der Waals surface area contributed by atoms with Gasteiger partial charge in [0.1, 0.15) is 5.75 Å². The second kappa shape index (κ2) is 4.18. The van der Waals surface area contributed by atoms with E-state index in [2.05, 4.69) is 0 Å². The molecule has 15 heavy (non-hydrogen) atoms. The predicted molar refractivity (Wildman–Crippen MR) is 55.3 cm³/mol. The van der Waals surface area contributed by atoms with Crippen molar-refractivity contribution in [3.05, 3.63) is 29.3 Å². The molecule has 4 heteroatoms. The van der Waals surface area contributed by atoms with Gasteiger partial charge >= 0.3 is 0 Å². The van der Waals surface area contributed by atoms with Crippen molar-refractivity contribution < 1.29 is 14.6 Å². The minimum atomic E-state index is -0.651. The number of aliphatic hydroxyl groups is 1. The maximum absolute atomic E-state index is 9.79. The molecule has 0 aromatic heterocycles. The number of benzene rings is 1. The van der Waals surface area contributed by atoms with Crippen LogP contribution in [0, 0.1) is 0 Å². The largest absolute Gasteiger partial charge is 0.467 e. The number of hydrogen-bond donors (Lipinski definition) is 2. The molecule has 0 amide bonds. The van der Waals surface area contributed by atoms with Crippen molar-refractivity contribution >= 4 is 0 Å². The van der Waals surface area contributed by atoms with Gasteiger partial charge in [-0.25, -0.2) is 0 Å². The van der Waals surface area contributed by atoms with Crippen LogP contribution in [0.3, 0.4) is 0 Å². The lowest BCUT2D eigenvalue weighted by Crippen LogP contribution is -2.24. The third-order valence-electron chi connectivity index (χ3n) is 2.49. The molecule has 0 saturated carbocycles. The van der Waals surface area contributed by atoms with Crippen LogP contribution in [-0.4, -0.2) is 17.9 Å². The average molecular weight is 209 g/mol. The van der Waals surface area contributed by atoms with Crippen molar-refractivity contribution in [1.29, 1.82) is 0 Å². The van der Waals surface area contributed by atoms with Crippen LogP contribution in [0.4, 0.5) is 0 Å². The van der Waals surface area contributed by atoms with Crippen LogP contribution in [0.25, 0.3) is 0 Å². The lowest BCUT2D eigenvalue weighted by Gasteiger charge is -2.21. The van der Waals surface area contributed by atoms with Gasteiger partial charge in [-0.3, -0.25) is 0 Å². The van der Waals surface area contributed by atoms with Crippen molar-refractivity contribution in [3.8, 4) is 5.75 Å². The fourth-order valence-corrected chi connectivity index (χ4v) is 1.57. The van der Waals surface area contributed by atoms with Gasteiger partial charge in [0, 0.05) is 11.6 Å². The first kappa shape index (κ1) is 10.4. The fraction of sp³-hybridized carbons (Fsp3) is 0.455. The minimum absolute atomic E-state index is 0.269. The first-order valence-corrected chi connectivity index (χ1v) is 4.95. The fourth-order valence-electron chi connectivity index (χ4n) is 1.57. The summed E-state index contributed by atoms with van der Waals surface area (Å²) in [6, 6.07) is 5.29. The topological polar surface area (TPSA) is 64.7 Å². The molecule has 0 unspecified atom stereocenters. The second-order valence-corrected chi connectivity index (χ2v) is 3.78. The van der Waals surface area contributed by atoms with Crippen molar-refractivity contribution in [3.63, 3.8) is 0 Å². The highest BCUT2D eigenvalue weighted by molar-refractivity contribution is 5.39. The van der Waals surface area contributed by atoms with E-state index in [-0.39, 0.29) is 12.8 Å². The molecule has 1 aliphatic rings. The standard InChI is InChI=1S/C11H15NO3/c1-7(12)11(13)8-2-3-9-5-14-6-15-10(9)4-8/h2-4,7,11,13H,5-6,12H2,1H3/t7-,11-/m0/s1. The van der Waals surface area contributed by atoms with Gasteiger partial charge in [-0.05, 0) is 18.6 Å². The van der Waals surface area contributed by atoms with Crippen LogP contribution in [0.2, 0.25) is 0 Å². The van der Waals surface area contributed by atoms with E-state index in [1.54, 1.807) is 6.92 Å². The number of ether oxygens (including phenoxy) is 2. The maximum Gasteiger partial charge on any atom is 0.189 e. The number of fused-ring (bicyclic) bond motifs is 1. The highest BCUT2D eigenvalue weighted by atomic mass is 16.7. The third kappa shape index (κ3) is 2.12. The first-order valence-electron chi connectivity index (χ1n) is 4.95. The third-order valence-corrected chi connectivity index (χ3v) is 2.49. The summed E-state index contributed by atoms with van der Waals surface area (Å²) < 4.78 is 10.5. The zero-order valence-electron chi connectivity index (χ0n) is 8.64. The van der Waals surface area contributed by atoms with Crippen molar-refractivity contribution in [2.75, 3.05) is 6.79 Å². The molecule has 0 radical (unpaired) electrons. The van der Waals surface area contributed by atoms with Crippen LogP contribution in [0.1, 0.15) is 24.2 Å². The molecule has 0 aliphatic carbocycles. The van der Waals surface area contributed by atoms with Crippen molar-refractivity contribution in [2.45, 2.75) is 25.7 Å². The van der Waals surface area contributed by atoms with E-state index < -0.39 is 6.10 Å². The van der Waals surface area contributed by atoms with Gasteiger partial charge in [-0.15, -0.1) is 0 Å². The van der Waals surface area contributed by atoms with Gasteiger partial charge in [-0.2, -0.15) is 0 Å². The highest BCUT2D eigenvalue weighted by Gasteiger charge is 2.16. The summed E-state index contributed by atoms with van der Waals surface area (Å²) in [6.45, 7) is 2.60. The maximum atomic E-state index is 9.79. The Morgan fingerprint density at radius 2 is 2.27 bits per heavy atom. The Labute approximate surface area is 88.6 Å². The Kier molecular flexibility index (Phi) is 2.90. The van der Waals surface area contributed by atoms with Gasteiger partial charge in [0.05, 0.1) is 12.7 Å². The molecule has 2 rings (SSSR count). The molecule has 2 atom stereocenters. The van der Waals surface area contributed by atoms with E-state index in [0.717, 1.165) is 16.9 Å². The van der Waals surface area contributed by atoms with Gasteiger partial charge in [0.2, 0.25) is 0 Å². The number of aliphatic hydroxyl groups excluding tert-OH is 1. The van der Waals surface area contributed by atoms with E-state index in [9.17, 15) is 5.11 Å². The summed E-state index contributed by atoms with van der Waals surface area (Å²) in [7, 11) is 0. The van der Waals surface area contributed by atoms with Gasteiger partial charge in [0.25, 0.3) is 0 Å². The molecule has 0 bridgehead atoms. The molecule has 1 heterocycles. The summed E-state index contributed by atoms with van der Waals surface area (Å²) in [5.41, 5.74) is 7.41. The van der Waals surface area contributed by atoms with Crippen LogP contribution < -0.4 is 10.5 Å². The molecule has 1 aliphatic heterocycles. The van der Waals surface area contributed by atoms with E-state index >= 15 is 0 Å². The number of hydrogen-bond acceptors (Lipinski definition) is 4. The lowest BCUT2D eigenvalue weighted by molar-refractivity contribution is -0.0166. The molecule has 0 saturated heterocycles. The van der Waals surface area contributed by atoms with E-state index in [0.29, 0.717) is 6.61 Å². The summed E-state index contributed by atoms with van der Waals surface area (Å²) in [6.07, 6.45) is -0.651. The molecule has 0 fully saturated rings. The Balaban J connectivity index is 2.27. The van der Waals surface area contributed by atoms with E-state index in [1.165, 1.54) is 0 Å². The summed E-state index contributed by atoms with van der Waals surface area (Å²) in [5.74, 6) is 0.776. The molecular weight excluding hydrogens is 194 g/mol. The number of rotatable bonds is 2. The molecule has 1 aromatic rings. The quantitative estimate of drug-likeness (QED) is 0.760. The Bertz CT molecular complexity index is 352. The predicted octanol–water partition coefficient (Wildman–Crippen LogP) is 0.934. The zero-order valence-corrected chi connectivity index (χ0v) is 8.64. The summed E-state index contributed by atoms with van der Waals surface area (Å²) in [4.78, 5) is 0. The highest BCUT2D eigenvalue weighted by Crippen LogP contribution is 2.28. The lowest BCUT2D eigenvalue weighted by atomic mass is 10.0. The van der Waals surface area contributed by atoms with Crippen LogP contribution in [0.5, 0.6) is 5.75 Å². The zero-order chi connectivity index (χ0) is 10.8. The molecule has 0 spiro atoms. The van der Waals surface area contributed by atoms with Crippen LogP contribution in [-0.2, 0) is 11.3 Å². The van der Waals surface area contributed by atoms with Gasteiger partial charge < -0.3 is 20.3 Å². The number of nitrogens with two attached hydrogens (primary N) is 1. The van der Waals surface area contributed by atoms with E-state index in [4.69, 9.17) is 15.2 Å². The minimum Gasteiger partial charge on any atom is -0.467 e. The Hall–Kier alpha value is -1.10. The molecule has 82 valence electrons. The Morgan fingerprint density at radius 3 is 3.00 bits per heavy atom. The van der Waals surface area contributed by atoms with Gasteiger partial charge in [0.15, 0.2) is 6.79 Å². The average Bonchev–Trinajstić information content (AvgIpc) is 2.27. The summed E-state index contributed by atoms with van der Waals surface area (Å²) in [5, 5.41) is 9.79. The smallest absolute Gasteiger partial charge is 0.189 e. The molecular formula is C11H15NO3. The van der Waals surface area contributed by atoms with Crippen molar-refractivity contribution in [1.82, 2.24) is 0 Å². The van der Waals surface area contributed by atoms with Crippen molar-refractivity contribution in [2.24, 2.45) is 5.73 Å². The molecule has 3 N–H and O–H groups in total. The van der Waals surface area contributed by atoms with Crippen LogP contribution in [0.15, 0.2) is 18.2 Å².